The van der Waals surface area contributed by atoms with Crippen LogP contribution in [-0.2, 0) is 20.7 Å². The molecule has 2 aromatic rings. The van der Waals surface area contributed by atoms with Gasteiger partial charge in [0.2, 0.25) is 5.91 Å². The number of morpholine rings is 1. The topological polar surface area (TPSA) is 96.1 Å². The van der Waals surface area contributed by atoms with Gasteiger partial charge in [-0.2, -0.15) is 5.10 Å². The highest BCUT2D eigenvalue weighted by atomic mass is 35.5. The van der Waals surface area contributed by atoms with E-state index in [0.717, 1.165) is 5.69 Å². The van der Waals surface area contributed by atoms with Crippen LogP contribution in [0.15, 0.2) is 36.5 Å². The summed E-state index contributed by atoms with van der Waals surface area (Å²) in [5, 5.41) is 12.8. The zero-order chi connectivity index (χ0) is 16.9. The number of halogens is 1. The van der Waals surface area contributed by atoms with Gasteiger partial charge in [-0.25, -0.2) is 0 Å². The summed E-state index contributed by atoms with van der Waals surface area (Å²) in [6, 6.07) is 8.30. The molecule has 2 atom stereocenters. The number of carbonyl (C=O) groups is 2. The van der Waals surface area contributed by atoms with E-state index in [1.54, 1.807) is 30.5 Å². The van der Waals surface area contributed by atoms with Gasteiger partial charge in [-0.15, -0.1) is 0 Å². The highest BCUT2D eigenvalue weighted by Gasteiger charge is 2.36. The second-order valence-corrected chi connectivity index (χ2v) is 5.83. The van der Waals surface area contributed by atoms with E-state index in [1.165, 1.54) is 0 Å². The lowest BCUT2D eigenvalue weighted by molar-refractivity contribution is -0.148. The lowest BCUT2D eigenvalue weighted by atomic mass is 9.99. The number of rotatable bonds is 5. The molecule has 1 aliphatic heterocycles. The summed E-state index contributed by atoms with van der Waals surface area (Å²) in [5.74, 6) is -0.569. The Kier molecular flexibility index (Phi) is 5.12. The molecule has 2 heterocycles. The quantitative estimate of drug-likeness (QED) is 0.750. The molecule has 0 saturated carbocycles. The van der Waals surface area contributed by atoms with Gasteiger partial charge < -0.3 is 15.4 Å². The molecular formula is C16H17ClN4O3. The predicted molar refractivity (Wildman–Crippen MR) is 87.4 cm³/mol. The van der Waals surface area contributed by atoms with Gasteiger partial charge in [0.15, 0.2) is 6.10 Å². The van der Waals surface area contributed by atoms with E-state index in [9.17, 15) is 9.59 Å². The first kappa shape index (κ1) is 16.5. The zero-order valence-corrected chi connectivity index (χ0v) is 13.5. The average molecular weight is 349 g/mol. The average Bonchev–Trinajstić information content (AvgIpc) is 3.08. The zero-order valence-electron chi connectivity index (χ0n) is 12.8. The lowest BCUT2D eigenvalue weighted by Gasteiger charge is -2.32. The van der Waals surface area contributed by atoms with E-state index < -0.39 is 12.1 Å². The molecule has 7 nitrogen and oxygen atoms in total. The van der Waals surface area contributed by atoms with Crippen LogP contribution >= 0.6 is 11.6 Å². The number of carbonyl (C=O) groups excluding carboxylic acids is 2. The van der Waals surface area contributed by atoms with Crippen LogP contribution in [0.5, 0.6) is 0 Å². The number of nitrogens with one attached hydrogen (secondary N) is 3. The van der Waals surface area contributed by atoms with Crippen molar-refractivity contribution < 1.29 is 14.3 Å². The van der Waals surface area contributed by atoms with Gasteiger partial charge in [0.25, 0.3) is 5.91 Å². The highest BCUT2D eigenvalue weighted by Crippen LogP contribution is 2.28. The molecule has 126 valence electrons. The summed E-state index contributed by atoms with van der Waals surface area (Å²) in [5.41, 5.74) is 1.58. The van der Waals surface area contributed by atoms with Crippen LogP contribution < -0.4 is 10.6 Å². The summed E-state index contributed by atoms with van der Waals surface area (Å²) < 4.78 is 5.46. The van der Waals surface area contributed by atoms with E-state index >= 15 is 0 Å². The molecule has 0 bridgehead atoms. The minimum atomic E-state index is -0.829. The molecule has 0 aliphatic carbocycles. The Labute approximate surface area is 143 Å². The van der Waals surface area contributed by atoms with Crippen LogP contribution in [0.25, 0.3) is 0 Å². The SMILES string of the molecule is O=C1CO[C@H](C(=O)NCCc2ccn[nH]2)[C@@H](c2ccccc2Cl)N1. The number of H-pyrrole nitrogens is 1. The largest absolute Gasteiger partial charge is 0.356 e. The molecular weight excluding hydrogens is 332 g/mol. The van der Waals surface area contributed by atoms with Crippen molar-refractivity contribution in [3.05, 3.63) is 52.8 Å². The Balaban J connectivity index is 1.68. The monoisotopic (exact) mass is 348 g/mol. The first-order chi connectivity index (χ1) is 11.6. The van der Waals surface area contributed by atoms with Crippen molar-refractivity contribution in [2.24, 2.45) is 0 Å². The minimum absolute atomic E-state index is 0.153. The van der Waals surface area contributed by atoms with Crippen molar-refractivity contribution in [2.75, 3.05) is 13.2 Å². The van der Waals surface area contributed by atoms with E-state index in [0.29, 0.717) is 23.6 Å². The van der Waals surface area contributed by atoms with E-state index in [-0.39, 0.29) is 18.4 Å². The van der Waals surface area contributed by atoms with Crippen LogP contribution in [0.3, 0.4) is 0 Å². The number of hydrogen-bond donors (Lipinski definition) is 3. The van der Waals surface area contributed by atoms with Crippen molar-refractivity contribution in [2.45, 2.75) is 18.6 Å². The maximum atomic E-state index is 12.5. The Morgan fingerprint density at radius 3 is 2.96 bits per heavy atom. The molecule has 0 unspecified atom stereocenters. The molecule has 8 heteroatoms. The molecule has 1 aliphatic rings. The number of nitrogens with zero attached hydrogens (tertiary/aromatic N) is 1. The Morgan fingerprint density at radius 1 is 1.38 bits per heavy atom. The number of amides is 2. The van der Waals surface area contributed by atoms with Crippen molar-refractivity contribution in [1.82, 2.24) is 20.8 Å². The maximum absolute atomic E-state index is 12.5. The molecule has 3 N–H and O–H groups in total. The van der Waals surface area contributed by atoms with Gasteiger partial charge in [0.05, 0.1) is 6.04 Å². The third-order valence-corrected chi connectivity index (χ3v) is 4.11. The number of benzene rings is 1. The molecule has 1 saturated heterocycles. The van der Waals surface area contributed by atoms with Crippen LogP contribution in [-0.4, -0.2) is 41.3 Å². The first-order valence-corrected chi connectivity index (χ1v) is 7.94. The third-order valence-electron chi connectivity index (χ3n) is 3.76. The smallest absolute Gasteiger partial charge is 0.251 e. The summed E-state index contributed by atoms with van der Waals surface area (Å²) in [7, 11) is 0. The molecule has 1 aromatic heterocycles. The fourth-order valence-corrected chi connectivity index (χ4v) is 2.85. The van der Waals surface area contributed by atoms with Gasteiger partial charge in [-0.3, -0.25) is 14.7 Å². The van der Waals surface area contributed by atoms with Gasteiger partial charge in [-0.05, 0) is 17.7 Å². The van der Waals surface area contributed by atoms with Crippen LogP contribution in [0.4, 0.5) is 0 Å². The van der Waals surface area contributed by atoms with E-state index in [2.05, 4.69) is 20.8 Å². The normalized spacial score (nSPS) is 20.5. The van der Waals surface area contributed by atoms with Crippen molar-refractivity contribution >= 4 is 23.4 Å². The molecule has 3 rings (SSSR count). The van der Waals surface area contributed by atoms with Gasteiger partial charge >= 0.3 is 0 Å². The van der Waals surface area contributed by atoms with E-state index in [1.807, 2.05) is 6.07 Å². The second-order valence-electron chi connectivity index (χ2n) is 5.42. The van der Waals surface area contributed by atoms with Crippen LogP contribution in [0.2, 0.25) is 5.02 Å². The number of ether oxygens (including phenoxy) is 1. The number of aromatic amines is 1. The molecule has 2 amide bonds. The lowest BCUT2D eigenvalue weighted by Crippen LogP contribution is -2.52. The molecule has 1 aromatic carbocycles. The fraction of sp³-hybridized carbons (Fsp3) is 0.312. The molecule has 24 heavy (non-hydrogen) atoms. The van der Waals surface area contributed by atoms with Gasteiger partial charge in [0.1, 0.15) is 6.61 Å². The number of aromatic nitrogens is 2. The Hall–Kier alpha value is -2.38. The van der Waals surface area contributed by atoms with Gasteiger partial charge in [-0.1, -0.05) is 29.8 Å². The van der Waals surface area contributed by atoms with Crippen LogP contribution in [0.1, 0.15) is 17.3 Å². The third kappa shape index (κ3) is 3.74. The number of hydrogen-bond acceptors (Lipinski definition) is 4. The summed E-state index contributed by atoms with van der Waals surface area (Å²) in [6.07, 6.45) is 1.45. The fourth-order valence-electron chi connectivity index (χ4n) is 2.59. The molecule has 0 radical (unpaired) electrons. The Bertz CT molecular complexity index is 720. The van der Waals surface area contributed by atoms with Crippen molar-refractivity contribution in [1.29, 1.82) is 0 Å². The maximum Gasteiger partial charge on any atom is 0.251 e. The van der Waals surface area contributed by atoms with Crippen molar-refractivity contribution in [3.8, 4) is 0 Å². The Morgan fingerprint density at radius 2 is 2.21 bits per heavy atom. The summed E-state index contributed by atoms with van der Waals surface area (Å²) in [6.45, 7) is 0.281. The standard InChI is InChI=1S/C16H17ClN4O3/c17-12-4-2-1-3-11(12)14-15(24-9-13(22)20-14)16(23)18-7-5-10-6-8-19-21-10/h1-4,6,8,14-15H,5,7,9H2,(H,18,23)(H,19,21)(H,20,22)/t14-,15+/m1/s1. The van der Waals surface area contributed by atoms with E-state index in [4.69, 9.17) is 16.3 Å². The summed E-state index contributed by atoms with van der Waals surface area (Å²) in [4.78, 5) is 24.1. The second kappa shape index (κ2) is 7.46. The predicted octanol–water partition coefficient (Wildman–Crippen LogP) is 0.978. The van der Waals surface area contributed by atoms with Crippen LogP contribution in [0, 0.1) is 0 Å². The van der Waals surface area contributed by atoms with Crippen molar-refractivity contribution in [3.63, 3.8) is 0 Å². The highest BCUT2D eigenvalue weighted by molar-refractivity contribution is 6.31. The van der Waals surface area contributed by atoms with Gasteiger partial charge in [0, 0.05) is 29.9 Å². The minimum Gasteiger partial charge on any atom is -0.356 e. The summed E-state index contributed by atoms with van der Waals surface area (Å²) >= 11 is 6.20. The molecule has 0 spiro atoms. The molecule has 1 fully saturated rings. The first-order valence-electron chi connectivity index (χ1n) is 7.56.